The summed E-state index contributed by atoms with van der Waals surface area (Å²) < 4.78 is 3.26. The van der Waals surface area contributed by atoms with Gasteiger partial charge in [0.05, 0.1) is 6.54 Å². The number of rotatable bonds is 3. The predicted octanol–water partition coefficient (Wildman–Crippen LogP) is 1.77. The molecule has 0 saturated heterocycles. The molecule has 0 radical (unpaired) electrons. The van der Waals surface area contributed by atoms with Gasteiger partial charge in [-0.25, -0.2) is 9.78 Å². The first-order valence-electron chi connectivity index (χ1n) is 5.07. The monoisotopic (exact) mass is 237 g/mol. The summed E-state index contributed by atoms with van der Waals surface area (Å²) in [5.41, 5.74) is 0.822. The van der Waals surface area contributed by atoms with Crippen LogP contribution in [0.3, 0.4) is 0 Å². The molecule has 0 aromatic carbocycles. The standard InChI is InChI=1S/C11H12ClN3O/c1-2-14-6-7-15(11(14)16)8-9-4-3-5-13-10(9)12/h3-7H,2,8H2,1H3. The highest BCUT2D eigenvalue weighted by Gasteiger charge is 2.05. The number of halogens is 1. The lowest BCUT2D eigenvalue weighted by Crippen LogP contribution is -2.23. The third kappa shape index (κ3) is 2.02. The van der Waals surface area contributed by atoms with E-state index in [4.69, 9.17) is 11.6 Å². The van der Waals surface area contributed by atoms with Crippen LogP contribution >= 0.6 is 11.6 Å². The van der Waals surface area contributed by atoms with Gasteiger partial charge < -0.3 is 0 Å². The molecular formula is C11H12ClN3O. The van der Waals surface area contributed by atoms with Gasteiger partial charge in [-0.1, -0.05) is 17.7 Å². The van der Waals surface area contributed by atoms with Crippen molar-refractivity contribution in [2.45, 2.75) is 20.0 Å². The molecule has 2 heterocycles. The summed E-state index contributed by atoms with van der Waals surface area (Å²) in [5, 5.41) is 0.443. The van der Waals surface area contributed by atoms with Gasteiger partial charge in [0.25, 0.3) is 0 Å². The molecule has 2 aromatic rings. The Balaban J connectivity index is 2.31. The normalized spacial score (nSPS) is 10.6. The fourth-order valence-electron chi connectivity index (χ4n) is 1.54. The lowest BCUT2D eigenvalue weighted by Gasteiger charge is -2.03. The Bertz CT molecular complexity index is 544. The molecule has 0 unspecified atom stereocenters. The molecule has 2 rings (SSSR count). The molecule has 0 aliphatic carbocycles. The van der Waals surface area contributed by atoms with E-state index in [0.717, 1.165) is 5.56 Å². The molecule has 0 amide bonds. The smallest absolute Gasteiger partial charge is 0.300 e. The van der Waals surface area contributed by atoms with Crippen molar-refractivity contribution in [1.29, 1.82) is 0 Å². The molecule has 0 N–H and O–H groups in total. The Hall–Kier alpha value is -1.55. The zero-order valence-corrected chi connectivity index (χ0v) is 9.68. The van der Waals surface area contributed by atoms with E-state index in [-0.39, 0.29) is 5.69 Å². The summed E-state index contributed by atoms with van der Waals surface area (Å²) in [7, 11) is 0. The molecule has 0 bridgehead atoms. The molecule has 0 spiro atoms. The fraction of sp³-hybridized carbons (Fsp3) is 0.273. The minimum atomic E-state index is -0.0255. The van der Waals surface area contributed by atoms with Crippen LogP contribution in [0, 0.1) is 0 Å². The highest BCUT2D eigenvalue weighted by Crippen LogP contribution is 2.12. The van der Waals surface area contributed by atoms with E-state index < -0.39 is 0 Å². The van der Waals surface area contributed by atoms with E-state index in [2.05, 4.69) is 4.98 Å². The summed E-state index contributed by atoms with van der Waals surface area (Å²) in [6.45, 7) is 3.06. The van der Waals surface area contributed by atoms with Crippen LogP contribution in [0.1, 0.15) is 12.5 Å². The fourth-order valence-corrected chi connectivity index (χ4v) is 1.71. The second-order valence-corrected chi connectivity index (χ2v) is 3.81. The van der Waals surface area contributed by atoms with E-state index >= 15 is 0 Å². The lowest BCUT2D eigenvalue weighted by atomic mass is 10.3. The Kier molecular flexibility index (Phi) is 3.10. The average Bonchev–Trinajstić information content (AvgIpc) is 2.63. The number of aryl methyl sites for hydroxylation is 1. The largest absolute Gasteiger partial charge is 0.328 e. The summed E-state index contributed by atoms with van der Waals surface area (Å²) in [6, 6.07) is 3.67. The average molecular weight is 238 g/mol. The highest BCUT2D eigenvalue weighted by molar-refractivity contribution is 6.30. The Morgan fingerprint density at radius 3 is 2.75 bits per heavy atom. The molecule has 16 heavy (non-hydrogen) atoms. The van der Waals surface area contributed by atoms with Crippen LogP contribution in [-0.4, -0.2) is 14.1 Å². The zero-order valence-electron chi connectivity index (χ0n) is 8.93. The number of nitrogens with zero attached hydrogens (tertiary/aromatic N) is 3. The first kappa shape index (κ1) is 11.0. The van der Waals surface area contributed by atoms with E-state index in [9.17, 15) is 4.79 Å². The molecule has 2 aromatic heterocycles. The van der Waals surface area contributed by atoms with E-state index in [1.165, 1.54) is 0 Å². The Morgan fingerprint density at radius 1 is 1.38 bits per heavy atom. The number of imidazole rings is 1. The summed E-state index contributed by atoms with van der Waals surface area (Å²) >= 11 is 5.93. The van der Waals surface area contributed by atoms with E-state index in [1.54, 1.807) is 27.7 Å². The van der Waals surface area contributed by atoms with Crippen LogP contribution in [0.15, 0.2) is 35.5 Å². The molecule has 0 fully saturated rings. The van der Waals surface area contributed by atoms with Crippen molar-refractivity contribution in [2.75, 3.05) is 0 Å². The first-order chi connectivity index (χ1) is 7.72. The second-order valence-electron chi connectivity index (χ2n) is 3.45. The second kappa shape index (κ2) is 4.53. The molecule has 5 heteroatoms. The van der Waals surface area contributed by atoms with Crippen LogP contribution in [-0.2, 0) is 13.1 Å². The van der Waals surface area contributed by atoms with Crippen molar-refractivity contribution in [1.82, 2.24) is 14.1 Å². The topological polar surface area (TPSA) is 39.8 Å². The van der Waals surface area contributed by atoms with Crippen LogP contribution < -0.4 is 5.69 Å². The van der Waals surface area contributed by atoms with Crippen LogP contribution in [0.2, 0.25) is 5.15 Å². The summed E-state index contributed by atoms with van der Waals surface area (Å²) in [4.78, 5) is 15.8. The Labute approximate surface area is 98.1 Å². The maximum absolute atomic E-state index is 11.8. The van der Waals surface area contributed by atoms with Crippen LogP contribution in [0.25, 0.3) is 0 Å². The maximum atomic E-state index is 11.8. The van der Waals surface area contributed by atoms with Gasteiger partial charge in [0.1, 0.15) is 5.15 Å². The van der Waals surface area contributed by atoms with Gasteiger partial charge in [-0.05, 0) is 13.0 Å². The van der Waals surface area contributed by atoms with Crippen molar-refractivity contribution in [2.24, 2.45) is 0 Å². The molecule has 0 atom stereocenters. The van der Waals surface area contributed by atoms with Gasteiger partial charge in [0.2, 0.25) is 0 Å². The summed E-state index contributed by atoms with van der Waals surface area (Å²) in [5.74, 6) is 0. The number of aromatic nitrogens is 3. The van der Waals surface area contributed by atoms with Crippen molar-refractivity contribution in [3.05, 3.63) is 51.9 Å². The number of hydrogen-bond donors (Lipinski definition) is 0. The first-order valence-corrected chi connectivity index (χ1v) is 5.45. The summed E-state index contributed by atoms with van der Waals surface area (Å²) in [6.07, 6.45) is 5.16. The van der Waals surface area contributed by atoms with Gasteiger partial charge in [-0.15, -0.1) is 0 Å². The number of pyridine rings is 1. The molecule has 4 nitrogen and oxygen atoms in total. The number of hydrogen-bond acceptors (Lipinski definition) is 2. The zero-order chi connectivity index (χ0) is 11.5. The van der Waals surface area contributed by atoms with Crippen LogP contribution in [0.5, 0.6) is 0 Å². The van der Waals surface area contributed by atoms with Crippen molar-refractivity contribution in [3.8, 4) is 0 Å². The van der Waals surface area contributed by atoms with Crippen molar-refractivity contribution >= 4 is 11.6 Å². The molecule has 0 aliphatic heterocycles. The SMILES string of the molecule is CCn1ccn(Cc2cccnc2Cl)c1=O. The van der Waals surface area contributed by atoms with E-state index in [0.29, 0.717) is 18.2 Å². The van der Waals surface area contributed by atoms with Gasteiger partial charge >= 0.3 is 5.69 Å². The predicted molar refractivity (Wildman–Crippen MR) is 62.7 cm³/mol. The third-order valence-corrected chi connectivity index (χ3v) is 2.78. The quantitative estimate of drug-likeness (QED) is 0.764. The maximum Gasteiger partial charge on any atom is 0.328 e. The minimum Gasteiger partial charge on any atom is -0.300 e. The molecule has 0 saturated carbocycles. The van der Waals surface area contributed by atoms with Crippen LogP contribution in [0.4, 0.5) is 0 Å². The molecule has 0 aliphatic rings. The van der Waals surface area contributed by atoms with Crippen molar-refractivity contribution in [3.63, 3.8) is 0 Å². The Morgan fingerprint density at radius 2 is 2.12 bits per heavy atom. The van der Waals surface area contributed by atoms with E-state index in [1.807, 2.05) is 19.1 Å². The molecule has 84 valence electrons. The van der Waals surface area contributed by atoms with Gasteiger partial charge in [-0.2, -0.15) is 0 Å². The van der Waals surface area contributed by atoms with Gasteiger partial charge in [0.15, 0.2) is 0 Å². The van der Waals surface area contributed by atoms with Gasteiger partial charge in [0, 0.05) is 30.7 Å². The third-order valence-electron chi connectivity index (χ3n) is 2.44. The highest BCUT2D eigenvalue weighted by atomic mass is 35.5. The molecular weight excluding hydrogens is 226 g/mol. The van der Waals surface area contributed by atoms with Gasteiger partial charge in [-0.3, -0.25) is 9.13 Å². The lowest BCUT2D eigenvalue weighted by molar-refractivity contribution is 0.667. The minimum absolute atomic E-state index is 0.0255. The van der Waals surface area contributed by atoms with Crippen molar-refractivity contribution < 1.29 is 0 Å².